The molecule has 2 unspecified atom stereocenters. The van der Waals surface area contributed by atoms with Crippen LogP contribution in [0.25, 0.3) is 0 Å². The lowest BCUT2D eigenvalue weighted by molar-refractivity contribution is 0.0161. The van der Waals surface area contributed by atoms with Gasteiger partial charge in [0, 0.05) is 19.1 Å². The molecule has 0 aromatic carbocycles. The minimum Gasteiger partial charge on any atom is -0.444 e. The summed E-state index contributed by atoms with van der Waals surface area (Å²) in [7, 11) is 0. The van der Waals surface area contributed by atoms with Crippen LogP contribution in [0, 0.1) is 11.8 Å². The second-order valence-electron chi connectivity index (χ2n) is 7.80. The second kappa shape index (κ2) is 6.99. The summed E-state index contributed by atoms with van der Waals surface area (Å²) in [5.41, 5.74) is -0.398. The molecule has 1 N–H and O–H groups in total. The number of carbonyl (C=O) groups is 1. The van der Waals surface area contributed by atoms with E-state index < -0.39 is 5.60 Å². The molecule has 1 amide bonds. The van der Waals surface area contributed by atoms with E-state index in [2.05, 4.69) is 12.2 Å². The van der Waals surface area contributed by atoms with Crippen molar-refractivity contribution in [3.63, 3.8) is 0 Å². The van der Waals surface area contributed by atoms with Crippen LogP contribution in [0.1, 0.15) is 59.8 Å². The molecule has 0 radical (unpaired) electrons. The Bertz CT molecular complexity index is 347. The van der Waals surface area contributed by atoms with E-state index in [9.17, 15) is 4.79 Å². The molecule has 0 spiro atoms. The van der Waals surface area contributed by atoms with Crippen LogP contribution in [0.5, 0.6) is 0 Å². The largest absolute Gasteiger partial charge is 0.444 e. The highest BCUT2D eigenvalue weighted by molar-refractivity contribution is 5.68. The van der Waals surface area contributed by atoms with Crippen molar-refractivity contribution in [2.75, 3.05) is 19.6 Å². The monoisotopic (exact) mass is 296 g/mol. The molecule has 4 nitrogen and oxygen atoms in total. The van der Waals surface area contributed by atoms with Crippen LogP contribution in [0.3, 0.4) is 0 Å². The fourth-order valence-corrected chi connectivity index (χ4v) is 3.07. The fourth-order valence-electron chi connectivity index (χ4n) is 3.07. The van der Waals surface area contributed by atoms with Crippen LogP contribution >= 0.6 is 0 Å². The lowest BCUT2D eigenvalue weighted by atomic mass is 9.95. The predicted octanol–water partition coefficient (Wildman–Crippen LogP) is 3.41. The molecule has 2 rings (SSSR count). The zero-order valence-electron chi connectivity index (χ0n) is 14.2. The van der Waals surface area contributed by atoms with Gasteiger partial charge in [0.15, 0.2) is 0 Å². The number of amides is 1. The zero-order chi connectivity index (χ0) is 15.5. The summed E-state index contributed by atoms with van der Waals surface area (Å²) in [6.07, 6.45) is 6.14. The Labute approximate surface area is 129 Å². The number of rotatable bonds is 5. The lowest BCUT2D eigenvalue weighted by Gasteiger charge is -2.34. The Kier molecular flexibility index (Phi) is 5.53. The van der Waals surface area contributed by atoms with Crippen molar-refractivity contribution >= 4 is 6.09 Å². The molecule has 1 heterocycles. The number of carbonyl (C=O) groups excluding carboxylic acids is 1. The summed E-state index contributed by atoms with van der Waals surface area (Å²) in [6.45, 7) is 10.8. The van der Waals surface area contributed by atoms with Crippen LogP contribution in [-0.2, 0) is 4.74 Å². The minimum absolute atomic E-state index is 0.147. The van der Waals surface area contributed by atoms with Gasteiger partial charge < -0.3 is 15.0 Å². The first-order valence-electron chi connectivity index (χ1n) is 8.56. The van der Waals surface area contributed by atoms with Gasteiger partial charge in [-0.3, -0.25) is 0 Å². The quantitative estimate of drug-likeness (QED) is 0.845. The predicted molar refractivity (Wildman–Crippen MR) is 85.3 cm³/mol. The second-order valence-corrected chi connectivity index (χ2v) is 7.80. The maximum atomic E-state index is 12.1. The fraction of sp³-hybridized carbons (Fsp3) is 0.941. The molecule has 2 fully saturated rings. The minimum atomic E-state index is -0.398. The van der Waals surface area contributed by atoms with Gasteiger partial charge in [0.1, 0.15) is 5.60 Å². The van der Waals surface area contributed by atoms with E-state index >= 15 is 0 Å². The van der Waals surface area contributed by atoms with Crippen molar-refractivity contribution in [1.29, 1.82) is 0 Å². The summed E-state index contributed by atoms with van der Waals surface area (Å²) in [5, 5.41) is 3.64. The van der Waals surface area contributed by atoms with E-state index in [1.807, 2.05) is 25.7 Å². The van der Waals surface area contributed by atoms with Gasteiger partial charge in [-0.25, -0.2) is 4.79 Å². The molecule has 1 saturated carbocycles. The molecule has 1 saturated heterocycles. The standard InChI is InChI=1S/C17H32N2O2/c1-13(15-7-8-15)18-10-9-14-6-5-11-19(12-14)16(20)21-17(2,3)4/h13-15,18H,5-12H2,1-4H3. The van der Waals surface area contributed by atoms with Crippen LogP contribution in [-0.4, -0.2) is 42.3 Å². The summed E-state index contributed by atoms with van der Waals surface area (Å²) < 4.78 is 5.48. The third-order valence-electron chi connectivity index (χ3n) is 4.52. The summed E-state index contributed by atoms with van der Waals surface area (Å²) in [5.74, 6) is 1.53. The molecule has 21 heavy (non-hydrogen) atoms. The molecule has 0 aromatic rings. The van der Waals surface area contributed by atoms with Gasteiger partial charge in [-0.15, -0.1) is 0 Å². The maximum absolute atomic E-state index is 12.1. The van der Waals surface area contributed by atoms with E-state index in [0.717, 1.165) is 38.4 Å². The van der Waals surface area contributed by atoms with Gasteiger partial charge in [-0.05, 0) is 78.2 Å². The maximum Gasteiger partial charge on any atom is 0.410 e. The molecule has 2 atom stereocenters. The van der Waals surface area contributed by atoms with Gasteiger partial charge in [0.05, 0.1) is 0 Å². The van der Waals surface area contributed by atoms with Gasteiger partial charge in [-0.2, -0.15) is 0 Å². The Morgan fingerprint density at radius 2 is 2.05 bits per heavy atom. The third-order valence-corrected chi connectivity index (χ3v) is 4.52. The van der Waals surface area contributed by atoms with E-state index in [1.54, 1.807) is 0 Å². The summed E-state index contributed by atoms with van der Waals surface area (Å²) in [6, 6.07) is 0.663. The SMILES string of the molecule is CC(NCCC1CCCN(C(=O)OC(C)(C)C)C1)C1CC1. The Balaban J connectivity index is 1.68. The number of likely N-dealkylation sites (tertiary alicyclic amines) is 1. The van der Waals surface area contributed by atoms with Crippen molar-refractivity contribution in [2.24, 2.45) is 11.8 Å². The molecular formula is C17H32N2O2. The Hall–Kier alpha value is -0.770. The summed E-state index contributed by atoms with van der Waals surface area (Å²) in [4.78, 5) is 14.0. The molecule has 0 aromatic heterocycles. The van der Waals surface area contributed by atoms with Crippen LogP contribution in [0.4, 0.5) is 4.79 Å². The zero-order valence-corrected chi connectivity index (χ0v) is 14.2. The average molecular weight is 296 g/mol. The van der Waals surface area contributed by atoms with Gasteiger partial charge in [0.25, 0.3) is 0 Å². The van der Waals surface area contributed by atoms with E-state index in [1.165, 1.54) is 19.3 Å². The van der Waals surface area contributed by atoms with Crippen LogP contribution in [0.2, 0.25) is 0 Å². The molecule has 1 aliphatic carbocycles. The highest BCUT2D eigenvalue weighted by Gasteiger charge is 2.29. The molecule has 2 aliphatic rings. The highest BCUT2D eigenvalue weighted by atomic mass is 16.6. The first-order chi connectivity index (χ1) is 9.85. The Morgan fingerprint density at radius 1 is 1.33 bits per heavy atom. The van der Waals surface area contributed by atoms with Crippen molar-refractivity contribution in [3.8, 4) is 0 Å². The smallest absolute Gasteiger partial charge is 0.410 e. The summed E-state index contributed by atoms with van der Waals surface area (Å²) >= 11 is 0. The third kappa shape index (κ3) is 5.85. The number of nitrogens with zero attached hydrogens (tertiary/aromatic N) is 1. The number of hydrogen-bond acceptors (Lipinski definition) is 3. The van der Waals surface area contributed by atoms with Gasteiger partial charge in [-0.1, -0.05) is 0 Å². The topological polar surface area (TPSA) is 41.6 Å². The Morgan fingerprint density at radius 3 is 2.67 bits per heavy atom. The molecule has 4 heteroatoms. The lowest BCUT2D eigenvalue weighted by Crippen LogP contribution is -2.43. The molecule has 1 aliphatic heterocycles. The normalized spacial score (nSPS) is 24.8. The van der Waals surface area contributed by atoms with Crippen molar-refractivity contribution in [2.45, 2.75) is 71.4 Å². The van der Waals surface area contributed by atoms with Crippen molar-refractivity contribution in [1.82, 2.24) is 10.2 Å². The van der Waals surface area contributed by atoms with Gasteiger partial charge in [0.2, 0.25) is 0 Å². The van der Waals surface area contributed by atoms with E-state index in [4.69, 9.17) is 4.74 Å². The number of ether oxygens (including phenoxy) is 1. The number of hydrogen-bond donors (Lipinski definition) is 1. The van der Waals surface area contributed by atoms with E-state index in [0.29, 0.717) is 12.0 Å². The number of piperidine rings is 1. The molecule has 122 valence electrons. The average Bonchev–Trinajstić information content (AvgIpc) is 3.21. The van der Waals surface area contributed by atoms with E-state index in [-0.39, 0.29) is 6.09 Å². The van der Waals surface area contributed by atoms with Crippen molar-refractivity contribution < 1.29 is 9.53 Å². The van der Waals surface area contributed by atoms with Crippen LogP contribution < -0.4 is 5.32 Å². The van der Waals surface area contributed by atoms with Crippen LogP contribution in [0.15, 0.2) is 0 Å². The molecular weight excluding hydrogens is 264 g/mol. The first kappa shape index (κ1) is 16.6. The number of nitrogens with one attached hydrogen (secondary N) is 1. The first-order valence-corrected chi connectivity index (χ1v) is 8.56. The molecule has 0 bridgehead atoms. The highest BCUT2D eigenvalue weighted by Crippen LogP contribution is 2.32. The van der Waals surface area contributed by atoms with Crippen molar-refractivity contribution in [3.05, 3.63) is 0 Å². The van der Waals surface area contributed by atoms with Gasteiger partial charge >= 0.3 is 6.09 Å².